The van der Waals surface area contributed by atoms with E-state index in [0.717, 1.165) is 11.1 Å². The molecule has 0 saturated heterocycles. The average molecular weight is 297 g/mol. The van der Waals surface area contributed by atoms with Crippen molar-refractivity contribution in [1.29, 1.82) is 0 Å². The number of carbonyl (C=O) groups is 1. The molecule has 0 aliphatic heterocycles. The first-order valence-electron chi connectivity index (χ1n) is 7.62. The van der Waals surface area contributed by atoms with E-state index in [1.54, 1.807) is 0 Å². The van der Waals surface area contributed by atoms with Crippen LogP contribution in [0.25, 0.3) is 0 Å². The van der Waals surface area contributed by atoms with E-state index < -0.39 is 12.0 Å². The second-order valence-corrected chi connectivity index (χ2v) is 5.89. The van der Waals surface area contributed by atoms with E-state index in [2.05, 4.69) is 19.2 Å². The summed E-state index contributed by atoms with van der Waals surface area (Å²) in [5.74, 6) is -0.423. The molecule has 0 aliphatic carbocycles. The number of rotatable bonds is 6. The van der Waals surface area contributed by atoms with Gasteiger partial charge >= 0.3 is 5.97 Å². The summed E-state index contributed by atoms with van der Waals surface area (Å²) in [6.45, 7) is 6.23. The Morgan fingerprint density at radius 2 is 1.41 bits per heavy atom. The molecule has 0 amide bonds. The van der Waals surface area contributed by atoms with Crippen LogP contribution in [0, 0.1) is 0 Å². The minimum absolute atomic E-state index is 0.0351. The Morgan fingerprint density at radius 3 is 1.91 bits per heavy atom. The number of carboxylic acid groups (broad SMARTS) is 1. The van der Waals surface area contributed by atoms with Crippen molar-refractivity contribution in [3.8, 4) is 0 Å². The molecule has 2 N–H and O–H groups in total. The molecule has 0 bridgehead atoms. The van der Waals surface area contributed by atoms with Crippen LogP contribution >= 0.6 is 0 Å². The molecule has 0 spiro atoms. The third-order valence-corrected chi connectivity index (χ3v) is 3.90. The van der Waals surface area contributed by atoms with Crippen molar-refractivity contribution >= 4 is 5.97 Å². The third kappa shape index (κ3) is 3.95. The molecule has 0 heterocycles. The Hall–Kier alpha value is -2.13. The van der Waals surface area contributed by atoms with Crippen LogP contribution in [-0.4, -0.2) is 11.1 Å². The Labute approximate surface area is 132 Å². The fourth-order valence-corrected chi connectivity index (χ4v) is 2.47. The van der Waals surface area contributed by atoms with E-state index in [-0.39, 0.29) is 6.04 Å². The predicted molar refractivity (Wildman–Crippen MR) is 88.9 cm³/mol. The first kappa shape index (κ1) is 16.2. The van der Waals surface area contributed by atoms with Crippen molar-refractivity contribution in [2.75, 3.05) is 0 Å². The van der Waals surface area contributed by atoms with Gasteiger partial charge in [-0.3, -0.25) is 10.1 Å². The first-order valence-corrected chi connectivity index (χ1v) is 7.62. The lowest BCUT2D eigenvalue weighted by Gasteiger charge is -2.21. The Morgan fingerprint density at radius 1 is 0.864 bits per heavy atom. The summed E-state index contributed by atoms with van der Waals surface area (Å²) in [6.07, 6.45) is 0. The molecule has 2 rings (SSSR count). The largest absolute Gasteiger partial charge is 0.480 e. The van der Waals surface area contributed by atoms with Crippen molar-refractivity contribution in [3.05, 3.63) is 71.3 Å². The molecule has 0 saturated carbocycles. The summed E-state index contributed by atoms with van der Waals surface area (Å²) in [7, 11) is 0. The Kier molecular flexibility index (Phi) is 5.34. The second-order valence-electron chi connectivity index (χ2n) is 5.89. The summed E-state index contributed by atoms with van der Waals surface area (Å²) in [6, 6.07) is 16.9. The predicted octanol–water partition coefficient (Wildman–Crippen LogP) is 4.29. The van der Waals surface area contributed by atoms with Crippen LogP contribution in [0.3, 0.4) is 0 Å². The molecule has 0 radical (unpaired) electrons. The quantitative estimate of drug-likeness (QED) is 0.836. The van der Waals surface area contributed by atoms with Crippen LogP contribution in [-0.2, 0) is 4.79 Å². The van der Waals surface area contributed by atoms with Gasteiger partial charge in [0.05, 0.1) is 0 Å². The van der Waals surface area contributed by atoms with Crippen LogP contribution in [0.1, 0.15) is 55.5 Å². The van der Waals surface area contributed by atoms with Crippen molar-refractivity contribution < 1.29 is 9.90 Å². The van der Waals surface area contributed by atoms with Crippen molar-refractivity contribution in [2.24, 2.45) is 0 Å². The summed E-state index contributed by atoms with van der Waals surface area (Å²) < 4.78 is 0. The molecule has 116 valence electrons. The van der Waals surface area contributed by atoms with E-state index in [1.807, 2.05) is 61.5 Å². The zero-order valence-electron chi connectivity index (χ0n) is 13.3. The van der Waals surface area contributed by atoms with Crippen molar-refractivity contribution in [1.82, 2.24) is 5.32 Å². The van der Waals surface area contributed by atoms with Gasteiger partial charge in [0.15, 0.2) is 0 Å². The van der Waals surface area contributed by atoms with Crippen LogP contribution in [0.5, 0.6) is 0 Å². The normalized spacial score (nSPS) is 13.8. The number of benzene rings is 2. The van der Waals surface area contributed by atoms with E-state index in [0.29, 0.717) is 5.92 Å². The van der Waals surface area contributed by atoms with Gasteiger partial charge in [-0.1, -0.05) is 68.4 Å². The number of hydrogen-bond acceptors (Lipinski definition) is 2. The summed E-state index contributed by atoms with van der Waals surface area (Å²) in [5, 5.41) is 12.7. The maximum atomic E-state index is 11.6. The van der Waals surface area contributed by atoms with Gasteiger partial charge < -0.3 is 5.11 Å². The highest BCUT2D eigenvalue weighted by Crippen LogP contribution is 2.22. The van der Waals surface area contributed by atoms with Gasteiger partial charge in [0.25, 0.3) is 0 Å². The minimum atomic E-state index is -0.861. The lowest BCUT2D eigenvalue weighted by atomic mass is 9.98. The van der Waals surface area contributed by atoms with Gasteiger partial charge in [0.2, 0.25) is 0 Å². The molecular weight excluding hydrogens is 274 g/mol. The smallest absolute Gasteiger partial charge is 0.325 e. The van der Waals surface area contributed by atoms with Gasteiger partial charge in [0.1, 0.15) is 6.04 Å². The molecule has 0 aliphatic rings. The standard InChI is InChI=1S/C19H23NO2/c1-13(2)15-9-11-17(12-10-15)18(19(21)22)20-14(3)16-7-5-4-6-8-16/h4-14,18,20H,1-3H3,(H,21,22). The molecule has 2 atom stereocenters. The van der Waals surface area contributed by atoms with Crippen LogP contribution < -0.4 is 5.32 Å². The molecule has 2 unspecified atom stereocenters. The second kappa shape index (κ2) is 7.23. The van der Waals surface area contributed by atoms with E-state index in [4.69, 9.17) is 0 Å². The summed E-state index contributed by atoms with van der Waals surface area (Å²) >= 11 is 0. The topological polar surface area (TPSA) is 49.3 Å². The monoisotopic (exact) mass is 297 g/mol. The van der Waals surface area contributed by atoms with Crippen LogP contribution in [0.2, 0.25) is 0 Å². The molecule has 0 fully saturated rings. The maximum Gasteiger partial charge on any atom is 0.325 e. The highest BCUT2D eigenvalue weighted by atomic mass is 16.4. The van der Waals surface area contributed by atoms with Gasteiger partial charge in [-0.25, -0.2) is 0 Å². The number of nitrogens with one attached hydrogen (secondary N) is 1. The Bertz CT molecular complexity index is 605. The molecule has 3 nitrogen and oxygen atoms in total. The lowest BCUT2D eigenvalue weighted by Crippen LogP contribution is -2.30. The van der Waals surface area contributed by atoms with Gasteiger partial charge in [-0.2, -0.15) is 0 Å². The van der Waals surface area contributed by atoms with Crippen LogP contribution in [0.15, 0.2) is 54.6 Å². The first-order chi connectivity index (χ1) is 10.5. The molecular formula is C19H23NO2. The third-order valence-electron chi connectivity index (χ3n) is 3.90. The fourth-order valence-electron chi connectivity index (χ4n) is 2.47. The maximum absolute atomic E-state index is 11.6. The molecule has 2 aromatic rings. The highest BCUT2D eigenvalue weighted by molar-refractivity contribution is 5.75. The molecule has 0 aromatic heterocycles. The zero-order chi connectivity index (χ0) is 16.1. The SMILES string of the molecule is CC(C)c1ccc(C(NC(C)c2ccccc2)C(=O)O)cc1. The fraction of sp³-hybridized carbons (Fsp3) is 0.316. The summed E-state index contributed by atoms with van der Waals surface area (Å²) in [4.78, 5) is 11.6. The number of hydrogen-bond donors (Lipinski definition) is 2. The van der Waals surface area contributed by atoms with Gasteiger partial charge in [-0.15, -0.1) is 0 Å². The van der Waals surface area contributed by atoms with Crippen molar-refractivity contribution in [3.63, 3.8) is 0 Å². The number of carboxylic acids is 1. The van der Waals surface area contributed by atoms with Crippen molar-refractivity contribution in [2.45, 2.75) is 38.8 Å². The molecule has 2 aromatic carbocycles. The van der Waals surface area contributed by atoms with E-state index in [1.165, 1.54) is 5.56 Å². The summed E-state index contributed by atoms with van der Waals surface area (Å²) in [5.41, 5.74) is 3.07. The Balaban J connectivity index is 2.18. The van der Waals surface area contributed by atoms with E-state index >= 15 is 0 Å². The van der Waals surface area contributed by atoms with Gasteiger partial charge in [0, 0.05) is 6.04 Å². The van der Waals surface area contributed by atoms with Gasteiger partial charge in [-0.05, 0) is 29.5 Å². The lowest BCUT2D eigenvalue weighted by molar-refractivity contribution is -0.139. The zero-order valence-corrected chi connectivity index (χ0v) is 13.3. The van der Waals surface area contributed by atoms with E-state index in [9.17, 15) is 9.90 Å². The highest BCUT2D eigenvalue weighted by Gasteiger charge is 2.22. The minimum Gasteiger partial charge on any atom is -0.480 e. The number of aliphatic carboxylic acids is 1. The average Bonchev–Trinajstić information content (AvgIpc) is 2.53. The molecule has 3 heteroatoms. The molecule has 22 heavy (non-hydrogen) atoms. The van der Waals surface area contributed by atoms with Crippen LogP contribution in [0.4, 0.5) is 0 Å².